The number of carbonyl (C=O) groups excluding carboxylic acids is 1. The van der Waals surface area contributed by atoms with Crippen LogP contribution in [0.2, 0.25) is 0 Å². The molecule has 6 heteroatoms. The summed E-state index contributed by atoms with van der Waals surface area (Å²) in [5, 5.41) is 6.79. The smallest absolute Gasteiger partial charge is 0.330 e. The third-order valence-electron chi connectivity index (χ3n) is 4.93. The van der Waals surface area contributed by atoms with Gasteiger partial charge in [0.25, 0.3) is 0 Å². The maximum atomic E-state index is 12.6. The molecule has 1 aliphatic carbocycles. The second-order valence-electron chi connectivity index (χ2n) is 6.89. The summed E-state index contributed by atoms with van der Waals surface area (Å²) in [5.74, 6) is 6.69. The van der Waals surface area contributed by atoms with Crippen LogP contribution in [-0.4, -0.2) is 41.1 Å². The quantitative estimate of drug-likeness (QED) is 0.595. The molecule has 27 heavy (non-hydrogen) atoms. The van der Waals surface area contributed by atoms with Crippen LogP contribution in [0.25, 0.3) is 0 Å². The van der Waals surface area contributed by atoms with E-state index in [1.807, 2.05) is 36.4 Å². The Morgan fingerprint density at radius 3 is 2.81 bits per heavy atom. The lowest BCUT2D eigenvalue weighted by molar-refractivity contribution is -0.147. The van der Waals surface area contributed by atoms with Crippen LogP contribution in [0.4, 0.5) is 0 Å². The third-order valence-corrected chi connectivity index (χ3v) is 5.23. The van der Waals surface area contributed by atoms with Gasteiger partial charge in [-0.15, -0.1) is 0 Å². The van der Waals surface area contributed by atoms with Crippen molar-refractivity contribution >= 4 is 28.5 Å². The monoisotopic (exact) mass is 381 g/mol. The molecule has 1 aromatic carbocycles. The van der Waals surface area contributed by atoms with Crippen molar-refractivity contribution in [1.82, 2.24) is 5.01 Å². The van der Waals surface area contributed by atoms with Crippen molar-refractivity contribution in [2.75, 3.05) is 7.11 Å². The Morgan fingerprint density at radius 1 is 1.33 bits per heavy atom. The molecule has 2 aliphatic heterocycles. The van der Waals surface area contributed by atoms with E-state index in [1.54, 1.807) is 11.2 Å². The standard InChI is InChI=1S/C21H20ClN3O2/c1-27-21(26)18(13-15-5-3-2-4-6-15)25-17(10-9-14-7-8-14)16-11-12-23-20(22)19(16)24-25/h2-6,11-12,14,16-18H,7-8,13H2,1H3. The van der Waals surface area contributed by atoms with Crippen LogP contribution in [-0.2, 0) is 16.0 Å². The van der Waals surface area contributed by atoms with Crippen LogP contribution in [0.5, 0.6) is 0 Å². The number of halogens is 1. The van der Waals surface area contributed by atoms with Gasteiger partial charge >= 0.3 is 5.97 Å². The number of nitrogens with zero attached hydrogens (tertiary/aromatic N) is 3. The van der Waals surface area contributed by atoms with Crippen LogP contribution in [0.15, 0.2) is 52.7 Å². The van der Waals surface area contributed by atoms with Crippen LogP contribution in [0, 0.1) is 23.7 Å². The van der Waals surface area contributed by atoms with Gasteiger partial charge in [0.1, 0.15) is 17.8 Å². The summed E-state index contributed by atoms with van der Waals surface area (Å²) in [6.07, 6.45) is 6.40. The Kier molecular flexibility index (Phi) is 5.00. The minimum Gasteiger partial charge on any atom is -0.467 e. The fourth-order valence-corrected chi connectivity index (χ4v) is 3.54. The predicted octanol–water partition coefficient (Wildman–Crippen LogP) is 3.01. The van der Waals surface area contributed by atoms with Gasteiger partial charge in [0.15, 0.2) is 5.17 Å². The topological polar surface area (TPSA) is 54.3 Å². The average Bonchev–Trinajstić information content (AvgIpc) is 3.45. The predicted molar refractivity (Wildman–Crippen MR) is 105 cm³/mol. The summed E-state index contributed by atoms with van der Waals surface area (Å²) in [6.45, 7) is 0. The number of esters is 1. The lowest BCUT2D eigenvalue weighted by atomic mass is 9.93. The molecule has 0 spiro atoms. The largest absolute Gasteiger partial charge is 0.467 e. The number of hydrogen-bond acceptors (Lipinski definition) is 5. The molecule has 0 saturated heterocycles. The number of hydrogen-bond donors (Lipinski definition) is 0. The summed E-state index contributed by atoms with van der Waals surface area (Å²) in [7, 11) is 1.40. The van der Waals surface area contributed by atoms with Gasteiger partial charge in [0.05, 0.1) is 13.0 Å². The Bertz CT molecular complexity index is 878. The molecule has 3 unspecified atom stereocenters. The normalized spacial score (nSPS) is 24.3. The van der Waals surface area contributed by atoms with Crippen molar-refractivity contribution in [3.05, 3.63) is 48.2 Å². The first-order chi connectivity index (χ1) is 13.2. The zero-order valence-corrected chi connectivity index (χ0v) is 15.8. The molecular formula is C21H20ClN3O2. The molecule has 0 aromatic heterocycles. The molecule has 3 aliphatic rings. The Labute approximate surface area is 163 Å². The van der Waals surface area contributed by atoms with Crippen LogP contribution in [0.3, 0.4) is 0 Å². The first-order valence-electron chi connectivity index (χ1n) is 9.07. The molecule has 2 heterocycles. The van der Waals surface area contributed by atoms with E-state index in [0.717, 1.165) is 18.4 Å². The SMILES string of the molecule is COC(=O)C(Cc1ccccc1)N1N=C2C(Cl)=NC=CC2C1C#CC1CC1. The zero-order valence-electron chi connectivity index (χ0n) is 15.0. The number of hydrazone groups is 1. The molecule has 0 amide bonds. The molecule has 138 valence electrons. The van der Waals surface area contributed by atoms with Crippen molar-refractivity contribution in [1.29, 1.82) is 0 Å². The van der Waals surface area contributed by atoms with Crippen LogP contribution < -0.4 is 0 Å². The van der Waals surface area contributed by atoms with E-state index in [9.17, 15) is 4.79 Å². The molecule has 3 atom stereocenters. The number of fused-ring (bicyclic) bond motifs is 1. The molecule has 5 nitrogen and oxygen atoms in total. The number of ether oxygens (including phenoxy) is 1. The Morgan fingerprint density at radius 2 is 2.11 bits per heavy atom. The van der Waals surface area contributed by atoms with E-state index in [4.69, 9.17) is 16.3 Å². The maximum Gasteiger partial charge on any atom is 0.330 e. The van der Waals surface area contributed by atoms with Crippen molar-refractivity contribution < 1.29 is 9.53 Å². The summed E-state index contributed by atoms with van der Waals surface area (Å²) < 4.78 is 5.08. The Balaban J connectivity index is 1.69. The van der Waals surface area contributed by atoms with Gasteiger partial charge in [0, 0.05) is 18.5 Å². The zero-order chi connectivity index (χ0) is 18.8. The highest BCUT2D eigenvalue weighted by molar-refractivity contribution is 6.84. The minimum absolute atomic E-state index is 0.0934. The number of rotatable bonds is 4. The van der Waals surface area contributed by atoms with Crippen molar-refractivity contribution in [3.8, 4) is 11.8 Å². The molecule has 0 N–H and O–H groups in total. The van der Waals surface area contributed by atoms with E-state index in [0.29, 0.717) is 23.2 Å². The number of benzene rings is 1. The molecule has 4 rings (SSSR count). The molecule has 1 aromatic rings. The summed E-state index contributed by atoms with van der Waals surface area (Å²) in [4.78, 5) is 16.8. The van der Waals surface area contributed by atoms with Gasteiger partial charge in [0.2, 0.25) is 0 Å². The summed E-state index contributed by atoms with van der Waals surface area (Å²) >= 11 is 6.28. The lowest BCUT2D eigenvalue weighted by Gasteiger charge is -2.29. The molecule has 1 saturated carbocycles. The van der Waals surface area contributed by atoms with Gasteiger partial charge in [-0.1, -0.05) is 59.8 Å². The fraction of sp³-hybridized carbons (Fsp3) is 0.381. The third kappa shape index (κ3) is 3.77. The second-order valence-corrected chi connectivity index (χ2v) is 7.25. The molecule has 0 bridgehead atoms. The van der Waals surface area contributed by atoms with E-state index >= 15 is 0 Å². The van der Waals surface area contributed by atoms with Crippen LogP contribution >= 0.6 is 11.6 Å². The first-order valence-corrected chi connectivity index (χ1v) is 9.45. The van der Waals surface area contributed by atoms with Gasteiger partial charge in [-0.25, -0.2) is 9.79 Å². The summed E-state index contributed by atoms with van der Waals surface area (Å²) in [5.41, 5.74) is 1.70. The maximum absolute atomic E-state index is 12.6. The molecule has 0 radical (unpaired) electrons. The van der Waals surface area contributed by atoms with E-state index in [-0.39, 0.29) is 17.9 Å². The van der Waals surface area contributed by atoms with Crippen LogP contribution in [0.1, 0.15) is 18.4 Å². The number of carbonyl (C=O) groups is 1. The van der Waals surface area contributed by atoms with Crippen molar-refractivity contribution in [2.24, 2.45) is 21.9 Å². The van der Waals surface area contributed by atoms with Gasteiger partial charge in [-0.2, -0.15) is 5.10 Å². The molecular weight excluding hydrogens is 362 g/mol. The van der Waals surface area contributed by atoms with Crippen molar-refractivity contribution in [2.45, 2.75) is 31.3 Å². The Hall–Kier alpha value is -2.58. The summed E-state index contributed by atoms with van der Waals surface area (Å²) in [6, 6.07) is 9.01. The van der Waals surface area contributed by atoms with Gasteiger partial charge in [-0.05, 0) is 18.4 Å². The number of aliphatic imine (C=N–C) groups is 1. The fourth-order valence-electron chi connectivity index (χ4n) is 3.32. The molecule has 1 fully saturated rings. The minimum atomic E-state index is -0.577. The van der Waals surface area contributed by atoms with Gasteiger partial charge in [-0.3, -0.25) is 5.01 Å². The van der Waals surface area contributed by atoms with Gasteiger partial charge < -0.3 is 4.74 Å². The van der Waals surface area contributed by atoms with E-state index in [1.165, 1.54) is 7.11 Å². The highest BCUT2D eigenvalue weighted by Crippen LogP contribution is 2.32. The number of methoxy groups -OCH3 is 1. The van der Waals surface area contributed by atoms with Crippen molar-refractivity contribution in [3.63, 3.8) is 0 Å². The highest BCUT2D eigenvalue weighted by atomic mass is 35.5. The van der Waals surface area contributed by atoms with E-state index in [2.05, 4.69) is 21.9 Å². The lowest BCUT2D eigenvalue weighted by Crippen LogP contribution is -2.45. The highest BCUT2D eigenvalue weighted by Gasteiger charge is 2.43. The second kappa shape index (κ2) is 7.58. The first kappa shape index (κ1) is 17.8. The average molecular weight is 382 g/mol. The van der Waals surface area contributed by atoms with E-state index < -0.39 is 6.04 Å².